The highest BCUT2D eigenvalue weighted by molar-refractivity contribution is 6.11. The summed E-state index contributed by atoms with van der Waals surface area (Å²) in [5.74, 6) is -1.17. The third-order valence-electron chi connectivity index (χ3n) is 5.40. The Kier molecular flexibility index (Phi) is 4.20. The highest BCUT2D eigenvalue weighted by Crippen LogP contribution is 2.45. The first-order chi connectivity index (χ1) is 14.5. The smallest absolute Gasteiger partial charge is 0.277 e. The van der Waals surface area contributed by atoms with Crippen molar-refractivity contribution in [2.24, 2.45) is 0 Å². The Hall–Kier alpha value is -3.80. The number of halogens is 2. The van der Waals surface area contributed by atoms with Crippen LogP contribution >= 0.6 is 0 Å². The van der Waals surface area contributed by atoms with Gasteiger partial charge in [0.05, 0.1) is 11.7 Å². The normalized spacial score (nSPS) is 15.5. The number of carbonyl (C=O) groups excluding carboxylic acids is 1. The van der Waals surface area contributed by atoms with Gasteiger partial charge in [0.25, 0.3) is 5.91 Å². The molecule has 0 spiro atoms. The maximum atomic E-state index is 14.9. The van der Waals surface area contributed by atoms with Gasteiger partial charge in [-0.15, -0.1) is 0 Å². The number of aromatic amines is 1. The fraction of sp³-hybridized carbons (Fsp3) is 0.0833. The number of amides is 1. The number of rotatable bonds is 3. The molecule has 0 saturated carbocycles. The lowest BCUT2D eigenvalue weighted by molar-refractivity contribution is 0.0988. The molecule has 4 aromatic rings. The number of hydrogen-bond acceptors (Lipinski definition) is 2. The second kappa shape index (κ2) is 6.91. The molecule has 148 valence electrons. The average molecular weight is 401 g/mol. The third-order valence-corrected chi connectivity index (χ3v) is 5.40. The summed E-state index contributed by atoms with van der Waals surface area (Å²) in [7, 11) is 0. The zero-order valence-electron chi connectivity index (χ0n) is 16.1. The van der Waals surface area contributed by atoms with Crippen LogP contribution in [0.1, 0.15) is 33.2 Å². The van der Waals surface area contributed by atoms with Crippen molar-refractivity contribution in [1.82, 2.24) is 10.2 Å². The van der Waals surface area contributed by atoms with Gasteiger partial charge in [-0.3, -0.25) is 14.8 Å². The number of aromatic nitrogens is 2. The van der Waals surface area contributed by atoms with Gasteiger partial charge in [0.1, 0.15) is 17.3 Å². The van der Waals surface area contributed by atoms with Crippen LogP contribution in [0.4, 0.5) is 14.5 Å². The third kappa shape index (κ3) is 2.80. The number of nitrogens with one attached hydrogen (secondary N) is 1. The van der Waals surface area contributed by atoms with Crippen molar-refractivity contribution >= 4 is 11.6 Å². The van der Waals surface area contributed by atoms with Crippen molar-refractivity contribution < 1.29 is 13.6 Å². The van der Waals surface area contributed by atoms with Crippen LogP contribution in [0.2, 0.25) is 0 Å². The summed E-state index contributed by atoms with van der Waals surface area (Å²) >= 11 is 0. The second-order valence-corrected chi connectivity index (χ2v) is 7.30. The van der Waals surface area contributed by atoms with E-state index in [1.165, 1.54) is 35.2 Å². The van der Waals surface area contributed by atoms with Gasteiger partial charge in [-0.05, 0) is 37.3 Å². The van der Waals surface area contributed by atoms with Crippen LogP contribution in [0.25, 0.3) is 11.3 Å². The predicted molar refractivity (Wildman–Crippen MR) is 110 cm³/mol. The number of benzene rings is 3. The van der Waals surface area contributed by atoms with Gasteiger partial charge < -0.3 is 0 Å². The molecule has 1 aliphatic rings. The van der Waals surface area contributed by atoms with Gasteiger partial charge in [0, 0.05) is 22.4 Å². The monoisotopic (exact) mass is 401 g/mol. The van der Waals surface area contributed by atoms with E-state index >= 15 is 0 Å². The molecule has 1 unspecified atom stereocenters. The maximum absolute atomic E-state index is 14.9. The minimum Gasteiger partial charge on any atom is -0.295 e. The summed E-state index contributed by atoms with van der Waals surface area (Å²) in [6.07, 6.45) is 0. The number of hydrogen-bond donors (Lipinski definition) is 1. The first kappa shape index (κ1) is 18.2. The van der Waals surface area contributed by atoms with Crippen molar-refractivity contribution in [2.45, 2.75) is 13.0 Å². The van der Waals surface area contributed by atoms with Gasteiger partial charge >= 0.3 is 0 Å². The van der Waals surface area contributed by atoms with Crippen LogP contribution in [0, 0.1) is 18.6 Å². The average Bonchev–Trinajstić information content (AvgIpc) is 3.29. The summed E-state index contributed by atoms with van der Waals surface area (Å²) in [6, 6.07) is 19.0. The summed E-state index contributed by atoms with van der Waals surface area (Å²) in [6.45, 7) is 1.99. The van der Waals surface area contributed by atoms with E-state index in [0.717, 1.165) is 11.1 Å². The number of anilines is 1. The van der Waals surface area contributed by atoms with E-state index < -0.39 is 17.7 Å². The van der Waals surface area contributed by atoms with Crippen molar-refractivity contribution in [3.63, 3.8) is 0 Å². The van der Waals surface area contributed by atoms with Gasteiger partial charge in [-0.1, -0.05) is 48.0 Å². The van der Waals surface area contributed by atoms with Crippen LogP contribution in [0.3, 0.4) is 0 Å². The summed E-state index contributed by atoms with van der Waals surface area (Å²) in [5, 5.41) is 7.22. The van der Waals surface area contributed by atoms with Crippen LogP contribution in [0.15, 0.2) is 72.8 Å². The Morgan fingerprint density at radius 1 is 0.933 bits per heavy atom. The Labute approximate surface area is 171 Å². The molecule has 30 heavy (non-hydrogen) atoms. The molecule has 0 radical (unpaired) electrons. The fourth-order valence-electron chi connectivity index (χ4n) is 3.94. The Morgan fingerprint density at radius 3 is 2.33 bits per heavy atom. The minimum atomic E-state index is -0.728. The predicted octanol–water partition coefficient (Wildman–Crippen LogP) is 5.41. The molecule has 4 nitrogen and oxygen atoms in total. The van der Waals surface area contributed by atoms with Crippen molar-refractivity contribution in [2.75, 3.05) is 4.90 Å². The largest absolute Gasteiger partial charge is 0.295 e. The molecule has 0 aliphatic carbocycles. The molecule has 1 aliphatic heterocycles. The van der Waals surface area contributed by atoms with Gasteiger partial charge in [-0.25, -0.2) is 8.78 Å². The molecule has 0 saturated heterocycles. The topological polar surface area (TPSA) is 49.0 Å². The molecule has 0 fully saturated rings. The van der Waals surface area contributed by atoms with Gasteiger partial charge in [-0.2, -0.15) is 5.10 Å². The summed E-state index contributed by atoms with van der Waals surface area (Å²) < 4.78 is 28.4. The van der Waals surface area contributed by atoms with Gasteiger partial charge in [0.15, 0.2) is 0 Å². The molecule has 2 heterocycles. The Morgan fingerprint density at radius 2 is 1.63 bits per heavy atom. The maximum Gasteiger partial charge on any atom is 0.277 e. The number of fused-ring (bicyclic) bond motifs is 1. The zero-order chi connectivity index (χ0) is 20.8. The van der Waals surface area contributed by atoms with Gasteiger partial charge in [0.2, 0.25) is 0 Å². The first-order valence-electron chi connectivity index (χ1n) is 9.53. The van der Waals surface area contributed by atoms with Crippen molar-refractivity contribution in [1.29, 1.82) is 0 Å². The molecule has 5 rings (SSSR count). The number of H-pyrrole nitrogens is 1. The SMILES string of the molecule is Cc1ccc(-c2n[nH]c3c2C(c2ccccc2F)N(c2ccc(F)cc2)C3=O)cc1. The lowest BCUT2D eigenvalue weighted by Crippen LogP contribution is -2.29. The van der Waals surface area contributed by atoms with E-state index in [-0.39, 0.29) is 5.91 Å². The van der Waals surface area contributed by atoms with E-state index in [1.807, 2.05) is 31.2 Å². The van der Waals surface area contributed by atoms with E-state index in [1.54, 1.807) is 18.2 Å². The lowest BCUT2D eigenvalue weighted by Gasteiger charge is -2.26. The lowest BCUT2D eigenvalue weighted by atomic mass is 9.95. The minimum absolute atomic E-state index is 0.308. The van der Waals surface area contributed by atoms with Crippen molar-refractivity contribution in [3.8, 4) is 11.3 Å². The molecule has 6 heteroatoms. The van der Waals surface area contributed by atoms with E-state index in [2.05, 4.69) is 10.2 Å². The highest BCUT2D eigenvalue weighted by Gasteiger charge is 2.44. The molecular formula is C24H17F2N3O. The van der Waals surface area contributed by atoms with E-state index in [4.69, 9.17) is 0 Å². The zero-order valence-corrected chi connectivity index (χ0v) is 16.1. The van der Waals surface area contributed by atoms with Crippen LogP contribution in [0.5, 0.6) is 0 Å². The second-order valence-electron chi connectivity index (χ2n) is 7.30. The summed E-state index contributed by atoms with van der Waals surface area (Å²) in [4.78, 5) is 14.8. The standard InChI is InChI=1S/C24H17F2N3O/c1-14-6-8-15(9-7-14)21-20-22(28-27-21)24(30)29(17-12-10-16(25)11-13-17)23(20)18-4-2-3-5-19(18)26/h2-13,23H,1H3,(H,27,28). The fourth-order valence-corrected chi connectivity index (χ4v) is 3.94. The molecule has 1 atom stereocenters. The number of aryl methyl sites for hydroxylation is 1. The quantitative estimate of drug-likeness (QED) is 0.499. The van der Waals surface area contributed by atoms with E-state index in [9.17, 15) is 13.6 Å². The Bertz CT molecular complexity index is 1250. The van der Waals surface area contributed by atoms with E-state index in [0.29, 0.717) is 28.2 Å². The van der Waals surface area contributed by atoms with Crippen molar-refractivity contribution in [3.05, 3.63) is 107 Å². The summed E-state index contributed by atoms with van der Waals surface area (Å²) in [5.41, 5.74) is 4.27. The molecule has 3 aromatic carbocycles. The molecular weight excluding hydrogens is 384 g/mol. The first-order valence-corrected chi connectivity index (χ1v) is 9.53. The molecule has 0 bridgehead atoms. The molecule has 1 aromatic heterocycles. The molecule has 1 N–H and O–H groups in total. The highest BCUT2D eigenvalue weighted by atomic mass is 19.1. The van der Waals surface area contributed by atoms with Crippen LogP contribution in [-0.4, -0.2) is 16.1 Å². The molecule has 1 amide bonds. The number of carbonyl (C=O) groups is 1. The van der Waals surface area contributed by atoms with Crippen LogP contribution in [-0.2, 0) is 0 Å². The number of nitrogens with zero attached hydrogens (tertiary/aromatic N) is 2. The van der Waals surface area contributed by atoms with Crippen LogP contribution < -0.4 is 4.90 Å². The Balaban J connectivity index is 1.74.